The van der Waals surface area contributed by atoms with Crippen molar-refractivity contribution in [2.24, 2.45) is 0 Å². The molecule has 0 aliphatic rings. The molecule has 0 fully saturated rings. The number of hydrogen-bond donors (Lipinski definition) is 2. The first-order chi connectivity index (χ1) is 20.1. The minimum atomic E-state index is -1.01. The highest BCUT2D eigenvalue weighted by molar-refractivity contribution is 8.14. The fourth-order valence-corrected chi connectivity index (χ4v) is 3.67. The first kappa shape index (κ1) is 39.7. The number of carbonyl (C=O) groups excluding carboxylic acids is 6. The molecule has 2 aromatic rings. The number of benzene rings is 2. The maximum Gasteiger partial charge on any atom is 0.347 e. The van der Waals surface area contributed by atoms with Gasteiger partial charge < -0.3 is 24.8 Å². The maximum atomic E-state index is 12.8. The van der Waals surface area contributed by atoms with Crippen molar-refractivity contribution in [2.45, 2.75) is 47.6 Å². The Morgan fingerprint density at radius 3 is 1.90 bits per heavy atom. The van der Waals surface area contributed by atoms with Crippen molar-refractivity contribution in [1.29, 1.82) is 0 Å². The Bertz CT molecular complexity index is 1160. The van der Waals surface area contributed by atoms with Gasteiger partial charge in [0.15, 0.2) is 0 Å². The van der Waals surface area contributed by atoms with E-state index < -0.39 is 29.0 Å². The van der Waals surface area contributed by atoms with E-state index in [1.165, 1.54) is 38.1 Å². The normalized spacial score (nSPS) is 9.76. The zero-order valence-corrected chi connectivity index (χ0v) is 25.7. The highest BCUT2D eigenvalue weighted by Crippen LogP contribution is 2.26. The summed E-state index contributed by atoms with van der Waals surface area (Å²) in [6.45, 7) is 17.3. The Labute approximate surface area is 251 Å². The maximum absolute atomic E-state index is 12.8. The van der Waals surface area contributed by atoms with Gasteiger partial charge in [-0.1, -0.05) is 49.9 Å². The molecule has 0 heterocycles. The Hall–Kier alpha value is -4.45. The van der Waals surface area contributed by atoms with Crippen LogP contribution in [-0.4, -0.2) is 60.3 Å². The van der Waals surface area contributed by atoms with Crippen molar-refractivity contribution in [3.63, 3.8) is 0 Å². The summed E-state index contributed by atoms with van der Waals surface area (Å²) in [6, 6.07) is 11.0. The van der Waals surface area contributed by atoms with E-state index in [9.17, 15) is 28.8 Å². The lowest BCUT2D eigenvalue weighted by atomic mass is 10.2. The molecule has 12 heteroatoms. The van der Waals surface area contributed by atoms with Crippen LogP contribution in [0.25, 0.3) is 0 Å². The van der Waals surface area contributed by atoms with Crippen molar-refractivity contribution in [3.8, 4) is 11.5 Å². The van der Waals surface area contributed by atoms with Gasteiger partial charge in [-0.2, -0.15) is 0 Å². The zero-order chi connectivity index (χ0) is 32.5. The third-order valence-corrected chi connectivity index (χ3v) is 5.33. The second kappa shape index (κ2) is 24.4. The molecule has 42 heavy (non-hydrogen) atoms. The van der Waals surface area contributed by atoms with Crippen LogP contribution in [0.4, 0.5) is 0 Å². The summed E-state index contributed by atoms with van der Waals surface area (Å²) in [4.78, 5) is 69.3. The molecule has 2 amide bonds. The second-order valence-electron chi connectivity index (χ2n) is 7.29. The topological polar surface area (TPSA) is 154 Å². The Kier molecular flexibility index (Phi) is 23.0. The van der Waals surface area contributed by atoms with Crippen LogP contribution in [0.1, 0.15) is 62.3 Å². The lowest BCUT2D eigenvalue weighted by molar-refractivity contribution is -0.146. The molecule has 1 unspecified atom stereocenters. The molecule has 0 radical (unpaired) electrons. The molecule has 0 saturated heterocycles. The zero-order valence-electron chi connectivity index (χ0n) is 24.9. The van der Waals surface area contributed by atoms with Gasteiger partial charge in [-0.25, -0.2) is 9.59 Å². The van der Waals surface area contributed by atoms with Gasteiger partial charge in [0.05, 0.1) is 12.2 Å². The quantitative estimate of drug-likeness (QED) is 0.164. The molecule has 0 aliphatic heterocycles. The molecule has 1 atom stereocenters. The predicted molar refractivity (Wildman–Crippen MR) is 163 cm³/mol. The van der Waals surface area contributed by atoms with Crippen molar-refractivity contribution < 1.29 is 43.0 Å². The van der Waals surface area contributed by atoms with Crippen molar-refractivity contribution in [2.75, 3.05) is 18.9 Å². The first-order valence-corrected chi connectivity index (χ1v) is 14.0. The molecule has 0 bridgehead atoms. The number of ether oxygens (including phenoxy) is 3. The van der Waals surface area contributed by atoms with E-state index >= 15 is 0 Å². The summed E-state index contributed by atoms with van der Waals surface area (Å²) in [5.74, 6) is -1.96. The summed E-state index contributed by atoms with van der Waals surface area (Å²) in [6.07, 6.45) is 0. The van der Waals surface area contributed by atoms with Gasteiger partial charge in [0.25, 0.3) is 6.47 Å². The molecular weight excluding hydrogens is 564 g/mol. The third-order valence-electron chi connectivity index (χ3n) is 4.35. The first-order valence-electron chi connectivity index (χ1n) is 13.0. The summed E-state index contributed by atoms with van der Waals surface area (Å²) >= 11 is 0.765. The largest absolute Gasteiger partial charge is 0.464 e. The summed E-state index contributed by atoms with van der Waals surface area (Å²) in [7, 11) is 0. The molecule has 0 aliphatic carbocycles. The highest BCUT2D eigenvalue weighted by Gasteiger charge is 2.24. The van der Waals surface area contributed by atoms with Crippen LogP contribution in [0.3, 0.4) is 0 Å². The lowest BCUT2D eigenvalue weighted by Crippen LogP contribution is -2.42. The van der Waals surface area contributed by atoms with Crippen LogP contribution in [0.2, 0.25) is 0 Å². The van der Waals surface area contributed by atoms with E-state index in [0.29, 0.717) is 0 Å². The van der Waals surface area contributed by atoms with E-state index in [1.54, 1.807) is 31.2 Å². The molecule has 2 rings (SSSR count). The predicted octanol–water partition coefficient (Wildman–Crippen LogP) is 4.35. The number of thioether (sulfide) groups is 1. The van der Waals surface area contributed by atoms with E-state index in [-0.39, 0.29) is 47.4 Å². The summed E-state index contributed by atoms with van der Waals surface area (Å²) < 4.78 is 15.1. The van der Waals surface area contributed by atoms with Gasteiger partial charge in [-0.05, 0) is 38.1 Å². The minimum Gasteiger partial charge on any atom is -0.464 e. The lowest BCUT2D eigenvalue weighted by Gasteiger charge is -2.16. The summed E-state index contributed by atoms with van der Waals surface area (Å²) in [5.41, 5.74) is 0.0904. The Morgan fingerprint density at radius 2 is 1.43 bits per heavy atom. The van der Waals surface area contributed by atoms with Crippen molar-refractivity contribution >= 4 is 47.1 Å². The van der Waals surface area contributed by atoms with Gasteiger partial charge in [0.2, 0.25) is 16.9 Å². The van der Waals surface area contributed by atoms with E-state index in [0.717, 1.165) is 18.3 Å². The fraction of sp³-hybridized carbons (Fsp3) is 0.333. The van der Waals surface area contributed by atoms with Crippen LogP contribution in [0, 0.1) is 0 Å². The van der Waals surface area contributed by atoms with Crippen molar-refractivity contribution in [3.05, 3.63) is 72.8 Å². The Morgan fingerprint density at radius 1 is 0.881 bits per heavy atom. The highest BCUT2D eigenvalue weighted by atomic mass is 32.2. The average Bonchev–Trinajstić information content (AvgIpc) is 2.98. The van der Waals surface area contributed by atoms with Gasteiger partial charge >= 0.3 is 11.9 Å². The van der Waals surface area contributed by atoms with Crippen LogP contribution in [-0.2, 0) is 23.9 Å². The van der Waals surface area contributed by atoms with E-state index in [2.05, 4.69) is 23.8 Å². The number of carbonyl (C=O) groups is 6. The standard InChI is InChI=1S/C22H21NO8S.C4H9NO.C2H6.C2H4/c1-3-29-21(27)17(23-14(2)25)12-32-22(28)16-9-5-7-11-19(16)31-20(26)15-8-4-6-10-18(15)30-13-24;1-3-5-4(2)6;2*1-2/h4-11,13,17H,3,12H2,1-2H3,(H,23,25);3H2,1-2H3,(H,5,6);1-2H3;1-2H2. The molecule has 0 saturated carbocycles. The second-order valence-corrected chi connectivity index (χ2v) is 8.28. The van der Waals surface area contributed by atoms with Gasteiger partial charge in [0.1, 0.15) is 23.1 Å². The number of para-hydroxylation sites is 2. The number of rotatable bonds is 11. The molecule has 230 valence electrons. The molecule has 0 aromatic heterocycles. The van der Waals surface area contributed by atoms with Crippen molar-refractivity contribution in [1.82, 2.24) is 10.6 Å². The van der Waals surface area contributed by atoms with Gasteiger partial charge in [0, 0.05) is 26.1 Å². The summed E-state index contributed by atoms with van der Waals surface area (Å²) in [5, 5.41) is 4.53. The molecule has 2 N–H and O–H groups in total. The van der Waals surface area contributed by atoms with E-state index in [1.807, 2.05) is 20.8 Å². The molecule has 11 nitrogen and oxygen atoms in total. The number of nitrogens with one attached hydrogen (secondary N) is 2. The smallest absolute Gasteiger partial charge is 0.347 e. The van der Waals surface area contributed by atoms with Crippen LogP contribution in [0.15, 0.2) is 61.7 Å². The third kappa shape index (κ3) is 16.0. The van der Waals surface area contributed by atoms with Gasteiger partial charge in [-0.15, -0.1) is 13.2 Å². The number of esters is 2. The SMILES string of the molecule is C=C.CC.CCNC(C)=O.CCOC(=O)C(CSC(=O)c1ccccc1OC(=O)c1ccccc1OC=O)NC(C)=O. The Balaban J connectivity index is 0. The number of hydrogen-bond acceptors (Lipinski definition) is 10. The molecule has 2 aromatic carbocycles. The fourth-order valence-electron chi connectivity index (χ4n) is 2.81. The number of amides is 2. The molecular formula is C30H40N2O9S. The van der Waals surface area contributed by atoms with Crippen LogP contribution >= 0.6 is 11.8 Å². The average molecular weight is 605 g/mol. The monoisotopic (exact) mass is 604 g/mol. The minimum absolute atomic E-state index is 0.00235. The van der Waals surface area contributed by atoms with E-state index in [4.69, 9.17) is 14.2 Å². The van der Waals surface area contributed by atoms with Crippen LogP contribution in [0.5, 0.6) is 11.5 Å². The van der Waals surface area contributed by atoms with Gasteiger partial charge in [-0.3, -0.25) is 19.2 Å². The van der Waals surface area contributed by atoms with Crippen LogP contribution < -0.4 is 20.1 Å². The molecule has 0 spiro atoms.